The lowest BCUT2D eigenvalue weighted by molar-refractivity contribution is 0.403. The van der Waals surface area contributed by atoms with Crippen molar-refractivity contribution in [2.24, 2.45) is 10.2 Å². The van der Waals surface area contributed by atoms with Gasteiger partial charge in [-0.1, -0.05) is 47.6 Å². The van der Waals surface area contributed by atoms with E-state index in [0.29, 0.717) is 6.54 Å². The van der Waals surface area contributed by atoms with Crippen LogP contribution in [0.1, 0.15) is 11.1 Å². The van der Waals surface area contributed by atoms with Gasteiger partial charge in [0.15, 0.2) is 5.69 Å². The normalized spacial score (nSPS) is 18.4. The molecule has 0 bridgehead atoms. The van der Waals surface area contributed by atoms with Crippen LogP contribution in [0.3, 0.4) is 0 Å². The average Bonchev–Trinajstić information content (AvgIpc) is 3.19. The fourth-order valence-corrected chi connectivity index (χ4v) is 4.00. The van der Waals surface area contributed by atoms with Gasteiger partial charge in [-0.15, -0.1) is 4.59 Å². The van der Waals surface area contributed by atoms with Crippen molar-refractivity contribution in [2.45, 2.75) is 11.3 Å². The first-order valence-corrected chi connectivity index (χ1v) is 11.0. The van der Waals surface area contributed by atoms with Crippen LogP contribution in [0.5, 0.6) is 0 Å². The minimum absolute atomic E-state index is 0.0540. The van der Waals surface area contributed by atoms with Crippen LogP contribution < -0.4 is 9.73 Å². The highest BCUT2D eigenvalue weighted by atomic mass is 32.2. The van der Waals surface area contributed by atoms with Crippen LogP contribution in [-0.4, -0.2) is 21.2 Å². The van der Waals surface area contributed by atoms with Gasteiger partial charge in [-0.2, -0.15) is 0 Å². The Labute approximate surface area is 175 Å². The monoisotopic (exact) mass is 422 g/mol. The number of hydrogen-bond acceptors (Lipinski definition) is 3. The van der Waals surface area contributed by atoms with Crippen LogP contribution in [0.4, 0.5) is 10.1 Å². The first kappa shape index (κ1) is 20.2. The largest absolute Gasteiger partial charge is 0.238 e. The van der Waals surface area contributed by atoms with Crippen LogP contribution in [-0.2, 0) is 16.4 Å². The SMILES string of the molecule is NS(=O)(=O)c1ccc([N+]2(CCc3ccccc3)C=C(c3ccc(F)cc3)C=N2)cc1. The molecular formula is C23H21FN3O2S+. The van der Waals surface area contributed by atoms with E-state index in [1.807, 2.05) is 24.4 Å². The van der Waals surface area contributed by atoms with E-state index < -0.39 is 10.0 Å². The van der Waals surface area contributed by atoms with Crippen molar-refractivity contribution in [3.05, 3.63) is 102 Å². The maximum atomic E-state index is 13.3. The summed E-state index contributed by atoms with van der Waals surface area (Å²) < 4.78 is 36.7. The quantitative estimate of drug-likeness (QED) is 0.609. The third kappa shape index (κ3) is 4.23. The molecule has 0 aliphatic carbocycles. The molecule has 1 aliphatic heterocycles. The molecule has 1 unspecified atom stereocenters. The lowest BCUT2D eigenvalue weighted by Gasteiger charge is -2.25. The lowest BCUT2D eigenvalue weighted by atomic mass is 10.1. The summed E-state index contributed by atoms with van der Waals surface area (Å²) in [4.78, 5) is 0.0540. The highest BCUT2D eigenvalue weighted by molar-refractivity contribution is 7.89. The highest BCUT2D eigenvalue weighted by Crippen LogP contribution is 2.33. The van der Waals surface area contributed by atoms with Crippen molar-refractivity contribution in [3.63, 3.8) is 0 Å². The molecule has 3 aromatic carbocycles. The van der Waals surface area contributed by atoms with Gasteiger partial charge in [0.05, 0.1) is 16.7 Å². The predicted octanol–water partition coefficient (Wildman–Crippen LogP) is 4.06. The van der Waals surface area contributed by atoms with Crippen LogP contribution >= 0.6 is 0 Å². The molecule has 0 saturated carbocycles. The fraction of sp³-hybridized carbons (Fsp3) is 0.0870. The second kappa shape index (κ2) is 7.95. The Morgan fingerprint density at radius 2 is 1.57 bits per heavy atom. The van der Waals surface area contributed by atoms with E-state index in [4.69, 9.17) is 10.2 Å². The van der Waals surface area contributed by atoms with Crippen molar-refractivity contribution in [3.8, 4) is 0 Å². The minimum Gasteiger partial charge on any atom is -0.225 e. The van der Waals surface area contributed by atoms with Gasteiger partial charge in [0.25, 0.3) is 0 Å². The third-order valence-electron chi connectivity index (χ3n) is 5.13. The van der Waals surface area contributed by atoms with Gasteiger partial charge in [-0.3, -0.25) is 0 Å². The summed E-state index contributed by atoms with van der Waals surface area (Å²) >= 11 is 0. The number of nitrogens with two attached hydrogens (primary N) is 1. The van der Waals surface area contributed by atoms with E-state index in [2.05, 4.69) is 12.1 Å². The molecule has 1 aliphatic rings. The average molecular weight is 423 g/mol. The Hall–Kier alpha value is -3.13. The van der Waals surface area contributed by atoms with Gasteiger partial charge in [-0.25, -0.2) is 17.9 Å². The fourth-order valence-electron chi connectivity index (χ4n) is 3.48. The lowest BCUT2D eigenvalue weighted by Crippen LogP contribution is -2.38. The van der Waals surface area contributed by atoms with E-state index in [-0.39, 0.29) is 15.3 Å². The zero-order valence-corrected chi connectivity index (χ0v) is 17.0. The standard InChI is InChI=1S/C23H21FN3O2S/c24-21-8-6-19(7-9-21)20-16-26-27(17-20,15-14-18-4-2-1-3-5-18)22-10-12-23(13-11-22)30(25,28)29/h1-13,16-17H,14-15H2,(H2,25,28,29)/q+1. The van der Waals surface area contributed by atoms with Crippen molar-refractivity contribution in [2.75, 3.05) is 6.54 Å². The first-order chi connectivity index (χ1) is 14.4. The third-order valence-corrected chi connectivity index (χ3v) is 6.06. The Balaban J connectivity index is 1.72. The summed E-state index contributed by atoms with van der Waals surface area (Å²) in [5.41, 5.74) is 3.72. The molecule has 0 radical (unpaired) electrons. The van der Waals surface area contributed by atoms with E-state index in [1.165, 1.54) is 29.8 Å². The zero-order valence-electron chi connectivity index (χ0n) is 16.1. The molecular weight excluding hydrogens is 401 g/mol. The number of primary sulfonamides is 1. The number of nitrogens with zero attached hydrogens (tertiary/aromatic N) is 2. The van der Waals surface area contributed by atoms with E-state index in [0.717, 1.165) is 23.2 Å². The summed E-state index contributed by atoms with van der Waals surface area (Å²) in [5, 5.41) is 10.0. The van der Waals surface area contributed by atoms with E-state index >= 15 is 0 Å². The van der Waals surface area contributed by atoms with Gasteiger partial charge >= 0.3 is 0 Å². The van der Waals surface area contributed by atoms with Gasteiger partial charge < -0.3 is 0 Å². The first-order valence-electron chi connectivity index (χ1n) is 9.45. The number of hydrogen-bond donors (Lipinski definition) is 1. The van der Waals surface area contributed by atoms with Crippen LogP contribution in [0, 0.1) is 5.82 Å². The molecule has 0 amide bonds. The van der Waals surface area contributed by atoms with Gasteiger partial charge in [0, 0.05) is 18.6 Å². The van der Waals surface area contributed by atoms with E-state index in [1.54, 1.807) is 30.5 Å². The number of quaternary nitrogens is 1. The maximum absolute atomic E-state index is 13.3. The van der Waals surface area contributed by atoms with Crippen molar-refractivity contribution < 1.29 is 12.8 Å². The van der Waals surface area contributed by atoms with Crippen molar-refractivity contribution in [1.29, 1.82) is 0 Å². The summed E-state index contributed by atoms with van der Waals surface area (Å²) in [5.74, 6) is -0.294. The second-order valence-corrected chi connectivity index (χ2v) is 8.72. The molecule has 1 heterocycles. The molecule has 2 N–H and O–H groups in total. The summed E-state index contributed by atoms with van der Waals surface area (Å²) in [6.07, 6.45) is 4.54. The number of halogens is 1. The summed E-state index contributed by atoms with van der Waals surface area (Å²) in [6, 6.07) is 22.8. The predicted molar refractivity (Wildman–Crippen MR) is 117 cm³/mol. The number of allylic oxidation sites excluding steroid dienone is 1. The second-order valence-electron chi connectivity index (χ2n) is 7.16. The van der Waals surface area contributed by atoms with Crippen LogP contribution in [0.2, 0.25) is 0 Å². The highest BCUT2D eigenvalue weighted by Gasteiger charge is 2.34. The van der Waals surface area contributed by atoms with Crippen molar-refractivity contribution >= 4 is 27.5 Å². The van der Waals surface area contributed by atoms with Gasteiger partial charge in [0.1, 0.15) is 18.6 Å². The Kier molecular flexibility index (Phi) is 5.34. The molecule has 1 atom stereocenters. The molecule has 3 aromatic rings. The smallest absolute Gasteiger partial charge is 0.225 e. The summed E-state index contributed by atoms with van der Waals surface area (Å²) in [7, 11) is -3.77. The summed E-state index contributed by atoms with van der Waals surface area (Å²) in [6.45, 7) is 0.639. The maximum Gasteiger partial charge on any atom is 0.238 e. The zero-order chi connectivity index (χ0) is 21.2. The molecule has 5 nitrogen and oxygen atoms in total. The molecule has 152 valence electrons. The number of benzene rings is 3. The molecule has 0 aromatic heterocycles. The number of sulfonamides is 1. The van der Waals surface area contributed by atoms with Crippen molar-refractivity contribution in [1.82, 2.24) is 4.59 Å². The van der Waals surface area contributed by atoms with Crippen LogP contribution in [0.15, 0.2) is 95.1 Å². The Morgan fingerprint density at radius 1 is 0.900 bits per heavy atom. The Bertz CT molecular complexity index is 1210. The molecule has 30 heavy (non-hydrogen) atoms. The van der Waals surface area contributed by atoms with E-state index in [9.17, 15) is 12.8 Å². The van der Waals surface area contributed by atoms with Crippen LogP contribution in [0.25, 0.3) is 5.57 Å². The molecule has 0 saturated heterocycles. The minimum atomic E-state index is -3.77. The van der Waals surface area contributed by atoms with Gasteiger partial charge in [-0.05, 0) is 35.4 Å². The molecule has 7 heteroatoms. The topological polar surface area (TPSA) is 72.5 Å². The molecule has 4 rings (SSSR count). The Morgan fingerprint density at radius 3 is 2.20 bits per heavy atom. The molecule has 0 spiro atoms. The van der Waals surface area contributed by atoms with Gasteiger partial charge in [0.2, 0.25) is 10.0 Å². The number of rotatable bonds is 6. The molecule has 0 fully saturated rings.